The van der Waals surface area contributed by atoms with E-state index in [1.165, 1.54) is 34.1 Å². The first-order chi connectivity index (χ1) is 28.4. The van der Waals surface area contributed by atoms with Crippen LogP contribution in [0.4, 0.5) is 21.9 Å². The smallest absolute Gasteiger partial charge is 0.352 e. The molecule has 8 N–H and O–H groups in total. The van der Waals surface area contributed by atoms with Gasteiger partial charge in [0.2, 0.25) is 11.8 Å². The molecule has 1 fully saturated rings. The largest absolute Gasteiger partial charge is 0.477 e. The molecule has 3 aromatic carbocycles. The Bertz CT molecular complexity index is 2320. The molecule has 0 radical (unpaired) electrons. The van der Waals surface area contributed by atoms with Crippen molar-refractivity contribution in [2.75, 3.05) is 55.3 Å². The summed E-state index contributed by atoms with van der Waals surface area (Å²) in [7, 11) is 0. The number of nitrogens with one attached hydrogen (secondary N) is 5. The van der Waals surface area contributed by atoms with Gasteiger partial charge in [0.15, 0.2) is 0 Å². The number of tetrazole rings is 1. The summed E-state index contributed by atoms with van der Waals surface area (Å²) in [6.45, 7) is 0.462. The fourth-order valence-corrected chi connectivity index (χ4v) is 6.74. The third-order valence-electron chi connectivity index (χ3n) is 9.58. The van der Waals surface area contributed by atoms with Crippen LogP contribution in [0.2, 0.25) is 5.02 Å². The number of carboxylic acids is 1. The van der Waals surface area contributed by atoms with Gasteiger partial charge in [-0.25, -0.2) is 9.59 Å². The molecule has 21 heteroatoms. The lowest BCUT2D eigenvalue weighted by Crippen LogP contribution is -2.49. The molecule has 2 aromatic heterocycles. The molecular weight excluding hydrogens is 790 g/mol. The zero-order valence-electron chi connectivity index (χ0n) is 31.3. The van der Waals surface area contributed by atoms with Gasteiger partial charge in [0, 0.05) is 65.8 Å². The molecule has 0 spiro atoms. The maximum absolute atomic E-state index is 13.8. The Kier molecular flexibility index (Phi) is 13.5. The lowest BCUT2D eigenvalue weighted by Gasteiger charge is -2.34. The molecular formula is C38H40ClN11O9. The molecule has 6 amide bonds. The number of amides is 6. The van der Waals surface area contributed by atoms with E-state index in [0.717, 1.165) is 0 Å². The number of piperidine rings is 1. The molecule has 308 valence electrons. The lowest BCUT2D eigenvalue weighted by atomic mass is 9.95. The molecule has 20 nitrogen and oxygen atoms in total. The second kappa shape index (κ2) is 19.0. The van der Waals surface area contributed by atoms with Crippen LogP contribution in [0.25, 0.3) is 16.6 Å². The van der Waals surface area contributed by atoms with Gasteiger partial charge in [0.25, 0.3) is 0 Å². The SMILES string of the molecule is O=C(Nc1cc(Cl)ccc1-n1cnnn1)C(=O)NC(Cc1ccc(NC(=O)N2CCC(C(=O)N(CCO)CCO)CC2)cc1)C(=O)Nc1ccc2[nH]c(C(=O)O)cc2c1. The highest BCUT2D eigenvalue weighted by atomic mass is 35.5. The van der Waals surface area contributed by atoms with E-state index >= 15 is 0 Å². The zero-order valence-corrected chi connectivity index (χ0v) is 32.1. The third-order valence-corrected chi connectivity index (χ3v) is 9.81. The first kappa shape index (κ1) is 41.7. The predicted octanol–water partition coefficient (Wildman–Crippen LogP) is 1.86. The number of likely N-dealkylation sites (tertiary alicyclic amines) is 1. The summed E-state index contributed by atoms with van der Waals surface area (Å²) in [5.74, 6) is -4.61. The number of aromatic nitrogens is 5. The number of benzene rings is 3. The summed E-state index contributed by atoms with van der Waals surface area (Å²) in [6.07, 6.45) is 2.04. The van der Waals surface area contributed by atoms with E-state index in [4.69, 9.17) is 11.6 Å². The van der Waals surface area contributed by atoms with Crippen LogP contribution in [-0.2, 0) is 25.6 Å². The third kappa shape index (κ3) is 10.5. The van der Waals surface area contributed by atoms with Gasteiger partial charge in [-0.05, 0) is 83.4 Å². The van der Waals surface area contributed by atoms with Crippen molar-refractivity contribution in [3.05, 3.63) is 89.3 Å². The molecule has 0 aliphatic carbocycles. The highest BCUT2D eigenvalue weighted by Crippen LogP contribution is 2.25. The summed E-state index contributed by atoms with van der Waals surface area (Å²) < 4.78 is 1.26. The molecule has 1 atom stereocenters. The summed E-state index contributed by atoms with van der Waals surface area (Å²) in [4.78, 5) is 83.6. The van der Waals surface area contributed by atoms with Crippen molar-refractivity contribution >= 4 is 75.2 Å². The van der Waals surface area contributed by atoms with Crippen LogP contribution in [-0.4, -0.2) is 131 Å². The normalized spacial score (nSPS) is 13.4. The first-order valence-electron chi connectivity index (χ1n) is 18.4. The van der Waals surface area contributed by atoms with Gasteiger partial charge in [-0.3, -0.25) is 19.2 Å². The second-order valence-electron chi connectivity index (χ2n) is 13.5. The number of aliphatic hydroxyl groups is 2. The van der Waals surface area contributed by atoms with Crippen LogP contribution >= 0.6 is 11.6 Å². The number of aromatic amines is 1. The number of carbonyl (C=O) groups is 6. The van der Waals surface area contributed by atoms with Gasteiger partial charge >= 0.3 is 23.8 Å². The number of rotatable bonds is 14. The van der Waals surface area contributed by atoms with Gasteiger partial charge in [0.1, 0.15) is 18.1 Å². The van der Waals surface area contributed by atoms with Crippen LogP contribution in [0.3, 0.4) is 0 Å². The summed E-state index contributed by atoms with van der Waals surface area (Å²) in [5, 5.41) is 50.2. The number of nitrogens with zero attached hydrogens (tertiary/aromatic N) is 6. The number of H-pyrrole nitrogens is 1. The van der Waals surface area contributed by atoms with Crippen molar-refractivity contribution < 1.29 is 44.1 Å². The Labute approximate surface area is 340 Å². The second-order valence-corrected chi connectivity index (χ2v) is 14.0. The number of halogens is 1. The van der Waals surface area contributed by atoms with E-state index in [1.54, 1.807) is 53.4 Å². The Morgan fingerprint density at radius 1 is 0.864 bits per heavy atom. The first-order valence-corrected chi connectivity index (χ1v) is 18.8. The van der Waals surface area contributed by atoms with Crippen LogP contribution < -0.4 is 21.3 Å². The monoisotopic (exact) mass is 829 g/mol. The highest BCUT2D eigenvalue weighted by molar-refractivity contribution is 6.40. The average Bonchev–Trinajstić information content (AvgIpc) is 3.92. The average molecular weight is 830 g/mol. The highest BCUT2D eigenvalue weighted by Gasteiger charge is 2.30. The van der Waals surface area contributed by atoms with Gasteiger partial charge < -0.3 is 51.4 Å². The van der Waals surface area contributed by atoms with Crippen molar-refractivity contribution in [1.29, 1.82) is 0 Å². The quantitative estimate of drug-likeness (QED) is 0.0745. The minimum atomic E-state index is -1.31. The van der Waals surface area contributed by atoms with Gasteiger partial charge in [0.05, 0.1) is 24.6 Å². The number of hydrogen-bond acceptors (Lipinski definition) is 11. The van der Waals surface area contributed by atoms with Gasteiger partial charge in [-0.2, -0.15) is 4.68 Å². The number of urea groups is 1. The molecule has 1 aliphatic rings. The van der Waals surface area contributed by atoms with Crippen LogP contribution in [0.5, 0.6) is 0 Å². The summed E-state index contributed by atoms with van der Waals surface area (Å²) >= 11 is 6.16. The van der Waals surface area contributed by atoms with Crippen molar-refractivity contribution in [3.63, 3.8) is 0 Å². The predicted molar refractivity (Wildman–Crippen MR) is 213 cm³/mol. The molecule has 0 saturated carbocycles. The van der Waals surface area contributed by atoms with E-state index < -0.39 is 29.7 Å². The standard InChI is InChI=1S/C38H40ClN11O9/c39-25-3-8-32(50-21-40-46-47-50)29(20-25)44-34(54)35(55)45-30(33(53)41-27-6-7-28-24(18-27)19-31(43-28)37(57)58)17-22-1-4-26(5-2-22)42-38(59)49-11-9-23(10-12-49)36(56)48(13-15-51)14-16-52/h1-8,18-21,23,30,43,51-52H,9-17H2,(H,41,53)(H,42,59)(H,44,54)(H,45,55)(H,57,58). The molecule has 1 saturated heterocycles. The van der Waals surface area contributed by atoms with E-state index in [1.807, 2.05) is 0 Å². The fraction of sp³-hybridized carbons (Fsp3) is 0.289. The van der Waals surface area contributed by atoms with Crippen molar-refractivity contribution in [1.82, 2.24) is 40.3 Å². The topological polar surface area (TPSA) is 277 Å². The van der Waals surface area contributed by atoms with E-state index in [-0.39, 0.29) is 67.0 Å². The molecule has 0 bridgehead atoms. The molecule has 5 aromatic rings. The summed E-state index contributed by atoms with van der Waals surface area (Å²) in [6, 6.07) is 15.4. The van der Waals surface area contributed by atoms with E-state index in [0.29, 0.717) is 59.5 Å². The van der Waals surface area contributed by atoms with E-state index in [2.05, 4.69) is 41.8 Å². The Balaban J connectivity index is 1.13. The minimum absolute atomic E-state index is 0.0417. The van der Waals surface area contributed by atoms with Gasteiger partial charge in [-0.15, -0.1) is 5.10 Å². The van der Waals surface area contributed by atoms with Crippen molar-refractivity contribution in [3.8, 4) is 5.69 Å². The number of hydrogen-bond donors (Lipinski definition) is 8. The lowest BCUT2D eigenvalue weighted by molar-refractivity contribution is -0.138. The van der Waals surface area contributed by atoms with Crippen LogP contribution in [0.1, 0.15) is 28.9 Å². The van der Waals surface area contributed by atoms with E-state index in [9.17, 15) is 44.1 Å². The maximum Gasteiger partial charge on any atom is 0.352 e. The molecule has 1 aliphatic heterocycles. The Hall–Kier alpha value is -6.90. The van der Waals surface area contributed by atoms with Crippen LogP contribution in [0.15, 0.2) is 73.1 Å². The molecule has 3 heterocycles. The van der Waals surface area contributed by atoms with Crippen molar-refractivity contribution in [2.24, 2.45) is 5.92 Å². The number of carbonyl (C=O) groups excluding carboxylic acids is 5. The maximum atomic E-state index is 13.8. The zero-order chi connectivity index (χ0) is 42.1. The molecule has 6 rings (SSSR count). The van der Waals surface area contributed by atoms with Gasteiger partial charge in [-0.1, -0.05) is 23.7 Å². The number of carboxylic acid groups (broad SMARTS) is 1. The number of fused-ring (bicyclic) bond motifs is 1. The summed E-state index contributed by atoms with van der Waals surface area (Å²) in [5.41, 5.74) is 2.21. The molecule has 59 heavy (non-hydrogen) atoms. The van der Waals surface area contributed by atoms with Crippen LogP contribution in [0, 0.1) is 5.92 Å². The Morgan fingerprint density at radius 3 is 2.24 bits per heavy atom. The fourth-order valence-electron chi connectivity index (χ4n) is 6.57. The van der Waals surface area contributed by atoms with Crippen molar-refractivity contribution in [2.45, 2.75) is 25.3 Å². The molecule has 1 unspecified atom stereocenters. The number of aliphatic hydroxyl groups excluding tert-OH is 2. The number of anilines is 3. The number of aromatic carboxylic acids is 1. The Morgan fingerprint density at radius 2 is 1.58 bits per heavy atom. The minimum Gasteiger partial charge on any atom is -0.477 e.